The van der Waals surface area contributed by atoms with Crippen molar-refractivity contribution in [3.05, 3.63) is 24.8 Å². The molecule has 0 heterocycles. The van der Waals surface area contributed by atoms with E-state index in [0.717, 1.165) is 12.5 Å². The van der Waals surface area contributed by atoms with Gasteiger partial charge < -0.3 is 0 Å². The molecule has 0 saturated heterocycles. The average molecular weight is 170 g/mol. The minimum Gasteiger partial charge on any atom is -0.293 e. The highest BCUT2D eigenvalue weighted by Gasteiger charge is 2.00. The molecule has 0 aliphatic rings. The second-order valence-corrected chi connectivity index (χ2v) is 2.24. The third-order valence-corrected chi connectivity index (χ3v) is 1.09. The van der Waals surface area contributed by atoms with Crippen LogP contribution in [0, 0.1) is 0 Å². The monoisotopic (exact) mass is 170 g/mol. The minimum absolute atomic E-state index is 0.214. The van der Waals surface area contributed by atoms with Crippen LogP contribution in [0.15, 0.2) is 24.8 Å². The fraction of sp³-hybridized carbons (Fsp3) is 0.444. The lowest BCUT2D eigenvalue weighted by atomic mass is 10.3. The first kappa shape index (κ1) is 10.9. The maximum atomic E-state index is 10.5. The molecule has 3 nitrogen and oxygen atoms in total. The van der Waals surface area contributed by atoms with Crippen LogP contribution in [-0.2, 0) is 14.6 Å². The second-order valence-electron chi connectivity index (χ2n) is 2.24. The molecule has 0 bridgehead atoms. The largest absolute Gasteiger partial charge is 0.365 e. The van der Waals surface area contributed by atoms with Crippen LogP contribution in [0.3, 0.4) is 0 Å². The van der Waals surface area contributed by atoms with Gasteiger partial charge in [-0.25, -0.2) is 4.79 Å². The molecule has 12 heavy (non-hydrogen) atoms. The Morgan fingerprint density at radius 3 is 2.83 bits per heavy atom. The van der Waals surface area contributed by atoms with E-state index < -0.39 is 5.97 Å². The first-order chi connectivity index (χ1) is 5.70. The SMILES string of the molecule is C=CC(=O)OOC(C)/C=C/CC. The lowest BCUT2D eigenvalue weighted by Crippen LogP contribution is -2.09. The fourth-order valence-corrected chi connectivity index (χ4v) is 0.517. The van der Waals surface area contributed by atoms with Crippen molar-refractivity contribution in [1.82, 2.24) is 0 Å². The van der Waals surface area contributed by atoms with E-state index in [1.165, 1.54) is 0 Å². The van der Waals surface area contributed by atoms with Gasteiger partial charge in [0.25, 0.3) is 0 Å². The fourth-order valence-electron chi connectivity index (χ4n) is 0.517. The van der Waals surface area contributed by atoms with E-state index in [1.54, 1.807) is 6.92 Å². The van der Waals surface area contributed by atoms with Crippen molar-refractivity contribution in [2.75, 3.05) is 0 Å². The van der Waals surface area contributed by atoms with Crippen LogP contribution >= 0.6 is 0 Å². The predicted molar refractivity (Wildman–Crippen MR) is 46.3 cm³/mol. The summed E-state index contributed by atoms with van der Waals surface area (Å²) < 4.78 is 0. The molecule has 0 aromatic heterocycles. The molecule has 0 amide bonds. The van der Waals surface area contributed by atoms with Crippen LogP contribution in [0.1, 0.15) is 20.3 Å². The highest BCUT2D eigenvalue weighted by molar-refractivity contribution is 5.80. The van der Waals surface area contributed by atoms with Gasteiger partial charge in [-0.3, -0.25) is 4.89 Å². The van der Waals surface area contributed by atoms with Gasteiger partial charge in [0.2, 0.25) is 0 Å². The highest BCUT2D eigenvalue weighted by Crippen LogP contribution is 1.95. The van der Waals surface area contributed by atoms with Crippen molar-refractivity contribution in [1.29, 1.82) is 0 Å². The van der Waals surface area contributed by atoms with Crippen molar-refractivity contribution in [2.24, 2.45) is 0 Å². The van der Waals surface area contributed by atoms with Crippen LogP contribution in [0.2, 0.25) is 0 Å². The summed E-state index contributed by atoms with van der Waals surface area (Å²) in [5, 5.41) is 0. The molecule has 0 N–H and O–H groups in total. The zero-order valence-corrected chi connectivity index (χ0v) is 7.45. The van der Waals surface area contributed by atoms with Gasteiger partial charge in [-0.15, -0.1) is 0 Å². The number of rotatable bonds is 5. The Bertz CT molecular complexity index is 173. The molecule has 1 unspecified atom stereocenters. The van der Waals surface area contributed by atoms with Crippen LogP contribution < -0.4 is 0 Å². The Balaban J connectivity index is 3.56. The third-order valence-electron chi connectivity index (χ3n) is 1.09. The minimum atomic E-state index is -0.577. The standard InChI is InChI=1S/C9H14O3/c1-4-6-7-8(3)11-12-9(10)5-2/h5-8H,2,4H2,1,3H3/b7-6+. The Kier molecular flexibility index (Phi) is 6.01. The zero-order valence-electron chi connectivity index (χ0n) is 7.45. The van der Waals surface area contributed by atoms with E-state index >= 15 is 0 Å². The van der Waals surface area contributed by atoms with E-state index in [1.807, 2.05) is 19.1 Å². The summed E-state index contributed by atoms with van der Waals surface area (Å²) in [5.41, 5.74) is 0. The molecular formula is C9H14O3. The topological polar surface area (TPSA) is 35.5 Å². The van der Waals surface area contributed by atoms with Crippen molar-refractivity contribution in [2.45, 2.75) is 26.4 Å². The molecule has 0 aliphatic heterocycles. The number of carbonyl (C=O) groups excluding carboxylic acids is 1. The summed E-state index contributed by atoms with van der Waals surface area (Å²) >= 11 is 0. The number of hydrogen-bond donors (Lipinski definition) is 0. The number of carbonyl (C=O) groups is 1. The maximum absolute atomic E-state index is 10.5. The van der Waals surface area contributed by atoms with Crippen LogP contribution in [0.25, 0.3) is 0 Å². The number of allylic oxidation sites excluding steroid dienone is 1. The number of hydrogen-bond acceptors (Lipinski definition) is 3. The summed E-state index contributed by atoms with van der Waals surface area (Å²) in [6.07, 6.45) is 5.52. The quantitative estimate of drug-likeness (QED) is 0.274. The summed E-state index contributed by atoms with van der Waals surface area (Å²) in [5.74, 6) is -0.577. The molecule has 0 spiro atoms. The summed E-state index contributed by atoms with van der Waals surface area (Å²) in [7, 11) is 0. The summed E-state index contributed by atoms with van der Waals surface area (Å²) in [6.45, 7) is 7.02. The Morgan fingerprint density at radius 2 is 2.33 bits per heavy atom. The van der Waals surface area contributed by atoms with Gasteiger partial charge in [-0.1, -0.05) is 25.7 Å². The normalized spacial score (nSPS) is 12.8. The smallest absolute Gasteiger partial charge is 0.293 e. The lowest BCUT2D eigenvalue weighted by Gasteiger charge is -2.04. The van der Waals surface area contributed by atoms with Gasteiger partial charge in [0, 0.05) is 6.08 Å². The van der Waals surface area contributed by atoms with E-state index in [0.29, 0.717) is 0 Å². The molecule has 0 radical (unpaired) electrons. The second kappa shape index (κ2) is 6.61. The van der Waals surface area contributed by atoms with Gasteiger partial charge in [0.15, 0.2) is 0 Å². The van der Waals surface area contributed by atoms with E-state index in [4.69, 9.17) is 0 Å². The first-order valence-corrected chi connectivity index (χ1v) is 3.87. The lowest BCUT2D eigenvalue weighted by molar-refractivity contribution is -0.281. The molecule has 0 aliphatic carbocycles. The van der Waals surface area contributed by atoms with Crippen molar-refractivity contribution < 1.29 is 14.6 Å². The van der Waals surface area contributed by atoms with Gasteiger partial charge in [-0.05, 0) is 13.3 Å². The zero-order chi connectivity index (χ0) is 9.40. The van der Waals surface area contributed by atoms with Crippen LogP contribution in [0.5, 0.6) is 0 Å². The van der Waals surface area contributed by atoms with Crippen LogP contribution in [0.4, 0.5) is 0 Å². The van der Waals surface area contributed by atoms with Gasteiger partial charge in [-0.2, -0.15) is 4.89 Å². The molecule has 68 valence electrons. The summed E-state index contributed by atoms with van der Waals surface area (Å²) in [6, 6.07) is 0. The van der Waals surface area contributed by atoms with Crippen molar-refractivity contribution >= 4 is 5.97 Å². The van der Waals surface area contributed by atoms with E-state index in [9.17, 15) is 4.79 Å². The molecule has 0 saturated carbocycles. The van der Waals surface area contributed by atoms with Gasteiger partial charge in [0.05, 0.1) is 0 Å². The Labute approximate surface area is 72.6 Å². The molecular weight excluding hydrogens is 156 g/mol. The maximum Gasteiger partial charge on any atom is 0.365 e. The third kappa shape index (κ3) is 5.68. The summed E-state index contributed by atoms with van der Waals surface area (Å²) in [4.78, 5) is 19.5. The molecule has 1 atom stereocenters. The van der Waals surface area contributed by atoms with E-state index in [-0.39, 0.29) is 6.10 Å². The Morgan fingerprint density at radius 1 is 1.67 bits per heavy atom. The van der Waals surface area contributed by atoms with Gasteiger partial charge in [0.1, 0.15) is 6.10 Å². The van der Waals surface area contributed by atoms with E-state index in [2.05, 4.69) is 16.4 Å². The Hall–Kier alpha value is -1.09. The molecule has 0 rings (SSSR count). The molecule has 3 heteroatoms. The predicted octanol–water partition coefficient (Wildman–Crippen LogP) is 2.00. The van der Waals surface area contributed by atoms with Gasteiger partial charge >= 0.3 is 5.97 Å². The average Bonchev–Trinajstić information content (AvgIpc) is 2.10. The first-order valence-electron chi connectivity index (χ1n) is 3.87. The van der Waals surface area contributed by atoms with Crippen molar-refractivity contribution in [3.63, 3.8) is 0 Å². The molecule has 0 fully saturated rings. The molecule has 0 aromatic rings. The van der Waals surface area contributed by atoms with Crippen LogP contribution in [-0.4, -0.2) is 12.1 Å². The van der Waals surface area contributed by atoms with Crippen molar-refractivity contribution in [3.8, 4) is 0 Å². The highest BCUT2D eigenvalue weighted by atomic mass is 17.2. The molecule has 0 aromatic carbocycles.